The smallest absolute Gasteiger partial charge is 0.120 e. The molecule has 3 rings (SSSR count). The van der Waals surface area contributed by atoms with Gasteiger partial charge in [-0.05, 0) is 53.9 Å². The fraction of sp³-hybridized carbons (Fsp3) is 0.182. The topological polar surface area (TPSA) is 9.23 Å². The molecule has 0 aliphatic carbocycles. The van der Waals surface area contributed by atoms with Gasteiger partial charge >= 0.3 is 0 Å². The first-order valence-electron chi connectivity index (χ1n) is 8.43. The summed E-state index contributed by atoms with van der Waals surface area (Å²) in [7, 11) is 0. The zero-order chi connectivity index (χ0) is 17.5. The molecule has 0 N–H and O–H groups in total. The van der Waals surface area contributed by atoms with Gasteiger partial charge in [-0.2, -0.15) is 0 Å². The molecule has 3 aromatic rings. The summed E-state index contributed by atoms with van der Waals surface area (Å²) in [5.74, 6) is 0.913. The van der Waals surface area contributed by atoms with Gasteiger partial charge in [-0.15, -0.1) is 11.8 Å². The fourth-order valence-corrected chi connectivity index (χ4v) is 3.81. The van der Waals surface area contributed by atoms with Crippen molar-refractivity contribution < 1.29 is 4.74 Å². The summed E-state index contributed by atoms with van der Waals surface area (Å²) in [5.41, 5.74) is 2.46. The van der Waals surface area contributed by atoms with Crippen LogP contribution in [0.3, 0.4) is 0 Å². The second-order valence-electron chi connectivity index (χ2n) is 5.82. The highest BCUT2D eigenvalue weighted by Crippen LogP contribution is 2.39. The van der Waals surface area contributed by atoms with Gasteiger partial charge in [-0.3, -0.25) is 0 Å². The predicted octanol–water partition coefficient (Wildman–Crippen LogP) is 7.16. The third-order valence-corrected chi connectivity index (χ3v) is 5.63. The van der Waals surface area contributed by atoms with E-state index in [0.717, 1.165) is 17.2 Å². The van der Waals surface area contributed by atoms with Crippen molar-refractivity contribution in [2.45, 2.75) is 30.1 Å². The van der Waals surface area contributed by atoms with Gasteiger partial charge in [-0.1, -0.05) is 61.0 Å². The fourth-order valence-electron chi connectivity index (χ4n) is 2.61. The van der Waals surface area contributed by atoms with E-state index in [-0.39, 0.29) is 0 Å². The number of benzene rings is 3. The highest BCUT2D eigenvalue weighted by molar-refractivity contribution is 7.99. The molecule has 3 heteroatoms. The standard InChI is InChI=1S/C22H21ClOS/c1-2-22(25-21-13-11-19(23)12-14-21)18-9-6-10-20(15-18)24-16-17-7-4-3-5-8-17/h3-15,22H,2,16H2,1H3. The zero-order valence-corrected chi connectivity index (χ0v) is 15.8. The summed E-state index contributed by atoms with van der Waals surface area (Å²) in [4.78, 5) is 1.23. The summed E-state index contributed by atoms with van der Waals surface area (Å²) >= 11 is 7.84. The van der Waals surface area contributed by atoms with Crippen molar-refractivity contribution in [2.75, 3.05) is 0 Å². The molecule has 1 atom stereocenters. The van der Waals surface area contributed by atoms with Crippen LogP contribution in [0.5, 0.6) is 5.75 Å². The highest BCUT2D eigenvalue weighted by atomic mass is 35.5. The molecule has 1 nitrogen and oxygen atoms in total. The van der Waals surface area contributed by atoms with Crippen LogP contribution in [0.15, 0.2) is 83.8 Å². The summed E-state index contributed by atoms with van der Waals surface area (Å²) < 4.78 is 5.97. The van der Waals surface area contributed by atoms with Gasteiger partial charge in [0.15, 0.2) is 0 Å². The molecule has 0 aliphatic heterocycles. The molecule has 0 radical (unpaired) electrons. The minimum absolute atomic E-state index is 0.390. The molecule has 0 bridgehead atoms. The number of hydrogen-bond donors (Lipinski definition) is 0. The SMILES string of the molecule is CCC(Sc1ccc(Cl)cc1)c1cccc(OCc2ccccc2)c1. The lowest BCUT2D eigenvalue weighted by Gasteiger charge is -2.16. The van der Waals surface area contributed by atoms with E-state index < -0.39 is 0 Å². The van der Waals surface area contributed by atoms with Crippen LogP contribution in [0, 0.1) is 0 Å². The minimum Gasteiger partial charge on any atom is -0.489 e. The van der Waals surface area contributed by atoms with Crippen molar-refractivity contribution in [3.8, 4) is 5.75 Å². The van der Waals surface area contributed by atoms with Gasteiger partial charge in [0.25, 0.3) is 0 Å². The Hall–Kier alpha value is -1.90. The maximum absolute atomic E-state index is 5.98. The van der Waals surface area contributed by atoms with E-state index in [2.05, 4.69) is 49.4 Å². The van der Waals surface area contributed by atoms with Crippen LogP contribution < -0.4 is 4.74 Å². The van der Waals surface area contributed by atoms with E-state index >= 15 is 0 Å². The molecule has 0 fully saturated rings. The first-order chi connectivity index (χ1) is 12.2. The van der Waals surface area contributed by atoms with E-state index in [9.17, 15) is 0 Å². The molecular weight excluding hydrogens is 348 g/mol. The molecule has 1 unspecified atom stereocenters. The molecule has 0 aliphatic rings. The Morgan fingerprint density at radius 3 is 2.40 bits per heavy atom. The Kier molecular flexibility index (Phi) is 6.43. The lowest BCUT2D eigenvalue weighted by atomic mass is 10.1. The Morgan fingerprint density at radius 1 is 0.920 bits per heavy atom. The average molecular weight is 369 g/mol. The van der Waals surface area contributed by atoms with E-state index in [0.29, 0.717) is 11.9 Å². The van der Waals surface area contributed by atoms with E-state index in [1.165, 1.54) is 16.0 Å². The second kappa shape index (κ2) is 8.98. The lowest BCUT2D eigenvalue weighted by molar-refractivity contribution is 0.306. The predicted molar refractivity (Wildman–Crippen MR) is 108 cm³/mol. The van der Waals surface area contributed by atoms with Gasteiger partial charge in [0.1, 0.15) is 12.4 Å². The third-order valence-electron chi connectivity index (χ3n) is 3.94. The molecule has 0 amide bonds. The Labute approximate surface area is 159 Å². The van der Waals surface area contributed by atoms with Crippen LogP contribution in [-0.4, -0.2) is 0 Å². The highest BCUT2D eigenvalue weighted by Gasteiger charge is 2.12. The molecule has 0 saturated heterocycles. The van der Waals surface area contributed by atoms with Crippen LogP contribution >= 0.6 is 23.4 Å². The first kappa shape index (κ1) is 17.9. The van der Waals surface area contributed by atoms with Gasteiger partial charge in [0, 0.05) is 15.2 Å². The van der Waals surface area contributed by atoms with Crippen molar-refractivity contribution in [1.29, 1.82) is 0 Å². The van der Waals surface area contributed by atoms with E-state index in [1.54, 1.807) is 0 Å². The molecular formula is C22H21ClOS. The van der Waals surface area contributed by atoms with Crippen molar-refractivity contribution in [2.24, 2.45) is 0 Å². The van der Waals surface area contributed by atoms with Crippen molar-refractivity contribution in [3.63, 3.8) is 0 Å². The van der Waals surface area contributed by atoms with Gasteiger partial charge in [-0.25, -0.2) is 0 Å². The van der Waals surface area contributed by atoms with Crippen molar-refractivity contribution in [3.05, 3.63) is 95.0 Å². The second-order valence-corrected chi connectivity index (χ2v) is 7.53. The molecule has 0 heterocycles. The molecule has 0 saturated carbocycles. The van der Waals surface area contributed by atoms with Crippen LogP contribution in [-0.2, 0) is 6.61 Å². The third kappa shape index (κ3) is 5.29. The summed E-state index contributed by atoms with van der Waals surface area (Å²) in [6.45, 7) is 2.80. The van der Waals surface area contributed by atoms with Crippen LogP contribution in [0.25, 0.3) is 0 Å². The van der Waals surface area contributed by atoms with Crippen LogP contribution in [0.1, 0.15) is 29.7 Å². The van der Waals surface area contributed by atoms with Gasteiger partial charge in [0.05, 0.1) is 0 Å². The average Bonchev–Trinajstić information content (AvgIpc) is 2.67. The molecule has 25 heavy (non-hydrogen) atoms. The maximum atomic E-state index is 5.98. The van der Waals surface area contributed by atoms with E-state index in [1.807, 2.05) is 48.2 Å². The molecule has 3 aromatic carbocycles. The van der Waals surface area contributed by atoms with Crippen molar-refractivity contribution >= 4 is 23.4 Å². The number of rotatable bonds is 7. The molecule has 0 aromatic heterocycles. The lowest BCUT2D eigenvalue weighted by Crippen LogP contribution is -1.97. The normalized spacial score (nSPS) is 11.9. The largest absolute Gasteiger partial charge is 0.489 e. The number of thioether (sulfide) groups is 1. The summed E-state index contributed by atoms with van der Waals surface area (Å²) in [6.07, 6.45) is 1.05. The minimum atomic E-state index is 0.390. The quantitative estimate of drug-likeness (QED) is 0.409. The Morgan fingerprint density at radius 2 is 1.68 bits per heavy atom. The Balaban J connectivity index is 1.69. The summed E-state index contributed by atoms with van der Waals surface area (Å²) in [5, 5.41) is 1.16. The first-order valence-corrected chi connectivity index (χ1v) is 9.69. The zero-order valence-electron chi connectivity index (χ0n) is 14.2. The van der Waals surface area contributed by atoms with Gasteiger partial charge < -0.3 is 4.74 Å². The maximum Gasteiger partial charge on any atom is 0.120 e. The van der Waals surface area contributed by atoms with Crippen molar-refractivity contribution in [1.82, 2.24) is 0 Å². The Bertz CT molecular complexity index is 787. The van der Waals surface area contributed by atoms with E-state index in [4.69, 9.17) is 16.3 Å². The van der Waals surface area contributed by atoms with Crippen LogP contribution in [0.2, 0.25) is 5.02 Å². The monoisotopic (exact) mass is 368 g/mol. The number of hydrogen-bond acceptors (Lipinski definition) is 2. The molecule has 128 valence electrons. The molecule has 0 spiro atoms. The number of halogens is 1. The van der Waals surface area contributed by atoms with Gasteiger partial charge in [0.2, 0.25) is 0 Å². The summed E-state index contributed by atoms with van der Waals surface area (Å²) in [6, 6.07) is 26.7. The van der Waals surface area contributed by atoms with Crippen LogP contribution in [0.4, 0.5) is 0 Å². The number of ether oxygens (including phenoxy) is 1.